The zero-order chi connectivity index (χ0) is 26.1. The van der Waals surface area contributed by atoms with E-state index in [-0.39, 0.29) is 33.4 Å². The predicted octanol–water partition coefficient (Wildman–Crippen LogP) is 3.16. The third kappa shape index (κ3) is 5.17. The highest BCUT2D eigenvalue weighted by Gasteiger charge is 2.24. The third-order valence-electron chi connectivity index (χ3n) is 4.59. The lowest BCUT2D eigenvalue weighted by atomic mass is 9.96. The molecule has 2 heterocycles. The first-order chi connectivity index (χ1) is 16.4. The van der Waals surface area contributed by atoms with E-state index in [2.05, 4.69) is 15.6 Å². The number of rotatable bonds is 4. The van der Waals surface area contributed by atoms with Crippen molar-refractivity contribution in [2.24, 2.45) is 5.73 Å². The number of benzene rings is 1. The van der Waals surface area contributed by atoms with Gasteiger partial charge in [0.25, 0.3) is 5.91 Å². The number of nitrogens with zero attached hydrogens (tertiary/aromatic N) is 2. The number of alkyl carbamates (subject to hydrolysis) is 1. The predicted molar refractivity (Wildman–Crippen MR) is 132 cm³/mol. The number of aromatic nitrogens is 1. The van der Waals surface area contributed by atoms with E-state index in [0.29, 0.717) is 21.3 Å². The summed E-state index contributed by atoms with van der Waals surface area (Å²) in [4.78, 5) is 40.8. The molecule has 0 unspecified atom stereocenters. The van der Waals surface area contributed by atoms with Gasteiger partial charge in [0.2, 0.25) is 0 Å². The SMILES string of the molecule is COc1ccc(-c2c(C#N)c(N)nc3sc(C(N)=O)c(N)c23)cc1NC(=O)NC(=O)OC(C)(C)C. The molecule has 4 amide bonds. The highest BCUT2D eigenvalue weighted by atomic mass is 32.1. The van der Waals surface area contributed by atoms with Crippen LogP contribution in [0.15, 0.2) is 18.2 Å². The minimum atomic E-state index is -0.939. The summed E-state index contributed by atoms with van der Waals surface area (Å²) in [5.41, 5.74) is 17.8. The van der Waals surface area contributed by atoms with Crippen LogP contribution in [0.3, 0.4) is 0 Å². The number of anilines is 3. The van der Waals surface area contributed by atoms with Crippen LogP contribution >= 0.6 is 11.3 Å². The minimum absolute atomic E-state index is 0.0207. The number of hydrogen-bond donors (Lipinski definition) is 5. The lowest BCUT2D eigenvalue weighted by Gasteiger charge is -2.19. The molecule has 1 aromatic carbocycles. The van der Waals surface area contributed by atoms with Crippen LogP contribution in [0.4, 0.5) is 26.8 Å². The Labute approximate surface area is 204 Å². The lowest BCUT2D eigenvalue weighted by Crippen LogP contribution is -2.38. The van der Waals surface area contributed by atoms with Gasteiger partial charge in [-0.25, -0.2) is 19.9 Å². The topological polar surface area (TPSA) is 208 Å². The summed E-state index contributed by atoms with van der Waals surface area (Å²) in [5.74, 6) is -0.550. The molecule has 0 fully saturated rings. The minimum Gasteiger partial charge on any atom is -0.495 e. The molecule has 2 aromatic heterocycles. The van der Waals surface area contributed by atoms with Crippen molar-refractivity contribution in [2.45, 2.75) is 26.4 Å². The molecule has 0 aliphatic carbocycles. The summed E-state index contributed by atoms with van der Waals surface area (Å²) in [5, 5.41) is 14.7. The molecule has 3 rings (SSSR count). The average Bonchev–Trinajstić information content (AvgIpc) is 3.07. The number of urea groups is 1. The van der Waals surface area contributed by atoms with Gasteiger partial charge in [0, 0.05) is 10.9 Å². The van der Waals surface area contributed by atoms with Crippen LogP contribution in [0.2, 0.25) is 0 Å². The summed E-state index contributed by atoms with van der Waals surface area (Å²) in [6.07, 6.45) is -0.939. The molecule has 0 bridgehead atoms. The molecular weight excluding hydrogens is 474 g/mol. The highest BCUT2D eigenvalue weighted by Crippen LogP contribution is 2.43. The van der Waals surface area contributed by atoms with Gasteiger partial charge in [-0.05, 0) is 38.5 Å². The number of nitrogens with two attached hydrogens (primary N) is 3. The second-order valence-electron chi connectivity index (χ2n) is 8.24. The normalized spacial score (nSPS) is 10.9. The number of nitrogens with one attached hydrogen (secondary N) is 2. The highest BCUT2D eigenvalue weighted by molar-refractivity contribution is 7.21. The molecule has 0 spiro atoms. The second kappa shape index (κ2) is 9.35. The number of carbonyl (C=O) groups is 3. The quantitative estimate of drug-likeness (QED) is 0.358. The van der Waals surface area contributed by atoms with Crippen molar-refractivity contribution in [2.75, 3.05) is 23.9 Å². The first kappa shape index (κ1) is 25.1. The Hall–Kier alpha value is -4.57. The van der Waals surface area contributed by atoms with Gasteiger partial charge in [-0.2, -0.15) is 5.26 Å². The smallest absolute Gasteiger partial charge is 0.415 e. The zero-order valence-corrected chi connectivity index (χ0v) is 20.1. The Bertz CT molecular complexity index is 1400. The van der Waals surface area contributed by atoms with Gasteiger partial charge in [0.1, 0.15) is 38.5 Å². The van der Waals surface area contributed by atoms with Crippen molar-refractivity contribution >= 4 is 56.8 Å². The average molecular weight is 498 g/mol. The van der Waals surface area contributed by atoms with Crippen molar-refractivity contribution in [1.82, 2.24) is 10.3 Å². The van der Waals surface area contributed by atoms with E-state index in [1.54, 1.807) is 32.9 Å². The Morgan fingerprint density at radius 3 is 2.46 bits per heavy atom. The number of methoxy groups -OCH3 is 1. The number of carbonyl (C=O) groups excluding carboxylic acids is 3. The number of amides is 4. The Morgan fingerprint density at radius 2 is 1.89 bits per heavy atom. The van der Waals surface area contributed by atoms with Crippen LogP contribution < -0.4 is 32.6 Å². The van der Waals surface area contributed by atoms with Gasteiger partial charge >= 0.3 is 12.1 Å². The van der Waals surface area contributed by atoms with Crippen LogP contribution in [-0.2, 0) is 4.74 Å². The Kier molecular flexibility index (Phi) is 6.70. The van der Waals surface area contributed by atoms with E-state index in [4.69, 9.17) is 26.7 Å². The number of thiophene rings is 1. The molecular formula is C22H23N7O5S. The second-order valence-corrected chi connectivity index (χ2v) is 9.24. The van der Waals surface area contributed by atoms with Crippen molar-refractivity contribution in [1.29, 1.82) is 5.26 Å². The molecule has 0 saturated heterocycles. The maximum absolute atomic E-state index is 12.4. The number of pyridine rings is 1. The molecule has 13 heteroatoms. The summed E-state index contributed by atoms with van der Waals surface area (Å²) in [6, 6.07) is 5.80. The van der Waals surface area contributed by atoms with E-state index in [1.807, 2.05) is 6.07 Å². The Morgan fingerprint density at radius 1 is 1.20 bits per heavy atom. The standard InChI is InChI=1S/C22H23N7O5S/c1-22(2,3)34-21(32)29-20(31)27-11-7-9(5-6-12(11)33-4)13-10(8-23)17(25)28-19-14(13)15(24)16(35-19)18(26)30/h5-7H,24H2,1-4H3,(H2,25,28)(H2,26,30)(H2,27,29,31,32). The van der Waals surface area contributed by atoms with E-state index in [1.165, 1.54) is 13.2 Å². The van der Waals surface area contributed by atoms with Crippen LogP contribution in [0, 0.1) is 11.3 Å². The van der Waals surface area contributed by atoms with Crippen LogP contribution in [0.25, 0.3) is 21.3 Å². The molecule has 35 heavy (non-hydrogen) atoms. The monoisotopic (exact) mass is 497 g/mol. The van der Waals surface area contributed by atoms with Crippen molar-refractivity contribution < 1.29 is 23.9 Å². The number of nitriles is 1. The van der Waals surface area contributed by atoms with Gasteiger partial charge in [-0.15, -0.1) is 11.3 Å². The first-order valence-electron chi connectivity index (χ1n) is 10.1. The summed E-state index contributed by atoms with van der Waals surface area (Å²) >= 11 is 0.952. The van der Waals surface area contributed by atoms with Gasteiger partial charge in [0.05, 0.1) is 18.5 Å². The molecule has 3 aromatic rings. The molecule has 182 valence electrons. The number of ether oxygens (including phenoxy) is 2. The molecule has 0 radical (unpaired) electrons. The van der Waals surface area contributed by atoms with Crippen LogP contribution in [0.1, 0.15) is 36.0 Å². The Balaban J connectivity index is 2.12. The molecule has 8 N–H and O–H groups in total. The van der Waals surface area contributed by atoms with Crippen LogP contribution in [0.5, 0.6) is 5.75 Å². The van der Waals surface area contributed by atoms with Crippen molar-refractivity contribution in [3.63, 3.8) is 0 Å². The molecule has 0 saturated carbocycles. The number of hydrogen-bond acceptors (Lipinski definition) is 10. The van der Waals surface area contributed by atoms with Crippen LogP contribution in [-0.4, -0.2) is 35.7 Å². The van der Waals surface area contributed by atoms with Crippen molar-refractivity contribution in [3.8, 4) is 22.9 Å². The summed E-state index contributed by atoms with van der Waals surface area (Å²) in [7, 11) is 1.39. The molecule has 0 aliphatic heterocycles. The number of nitrogen functional groups attached to an aromatic ring is 2. The van der Waals surface area contributed by atoms with Gasteiger partial charge in [-0.3, -0.25) is 4.79 Å². The largest absolute Gasteiger partial charge is 0.495 e. The summed E-state index contributed by atoms with van der Waals surface area (Å²) in [6.45, 7) is 4.97. The van der Waals surface area contributed by atoms with E-state index < -0.39 is 23.6 Å². The maximum Gasteiger partial charge on any atom is 0.415 e. The molecule has 12 nitrogen and oxygen atoms in total. The maximum atomic E-state index is 12.4. The fourth-order valence-electron chi connectivity index (χ4n) is 3.27. The fraction of sp³-hybridized carbons (Fsp3) is 0.227. The zero-order valence-electron chi connectivity index (χ0n) is 19.3. The molecule has 0 atom stereocenters. The summed E-state index contributed by atoms with van der Waals surface area (Å²) < 4.78 is 10.4. The number of imide groups is 1. The van der Waals surface area contributed by atoms with Crippen molar-refractivity contribution in [3.05, 3.63) is 28.6 Å². The third-order valence-corrected chi connectivity index (χ3v) is 5.71. The fourth-order valence-corrected chi connectivity index (χ4v) is 4.23. The van der Waals surface area contributed by atoms with Gasteiger partial charge < -0.3 is 32.0 Å². The van der Waals surface area contributed by atoms with Gasteiger partial charge in [-0.1, -0.05) is 6.07 Å². The van der Waals surface area contributed by atoms with Gasteiger partial charge in [0.15, 0.2) is 0 Å². The van der Waals surface area contributed by atoms with E-state index in [0.717, 1.165) is 11.3 Å². The van der Waals surface area contributed by atoms with E-state index >= 15 is 0 Å². The first-order valence-corrected chi connectivity index (χ1v) is 10.9. The van der Waals surface area contributed by atoms with E-state index in [9.17, 15) is 19.6 Å². The number of fused-ring (bicyclic) bond motifs is 1. The number of primary amides is 1. The lowest BCUT2D eigenvalue weighted by molar-refractivity contribution is 0.0551. The molecule has 0 aliphatic rings.